The maximum atomic E-state index is 12.5. The van der Waals surface area contributed by atoms with Gasteiger partial charge in [-0.1, -0.05) is 51.0 Å². The van der Waals surface area contributed by atoms with Crippen molar-refractivity contribution in [3.05, 3.63) is 46.6 Å². The third-order valence-electron chi connectivity index (χ3n) is 15.9. The van der Waals surface area contributed by atoms with Crippen LogP contribution in [0.15, 0.2) is 46.6 Å². The molecule has 6 unspecified atom stereocenters. The number of rotatable bonds is 0. The van der Waals surface area contributed by atoms with E-state index in [9.17, 15) is 19.2 Å². The highest BCUT2D eigenvalue weighted by molar-refractivity contribution is 6.00. The molecule has 0 bridgehead atoms. The quantitative estimate of drug-likeness (QED) is 0.252. The lowest BCUT2D eigenvalue weighted by Crippen LogP contribution is -2.49. The standard InChI is InChI=1S/2C21H28O2/c2*1-4-16-19(23)12-18-15-6-5-13-11-14(22)7-9-20(13,2)17(15)8-10-21(16,18)3/h2*4,11,15,17-18H,5-10,12H2,1-3H3/b16-4+;16-4-/t2*15?,17?,18?,20-,21+/m00/s1. The topological polar surface area (TPSA) is 68.3 Å². The van der Waals surface area contributed by atoms with Gasteiger partial charge in [0.2, 0.25) is 0 Å². The third-order valence-corrected chi connectivity index (χ3v) is 15.9. The van der Waals surface area contributed by atoms with Crippen LogP contribution < -0.4 is 0 Å². The van der Waals surface area contributed by atoms with Crippen LogP contribution in [0.1, 0.15) is 131 Å². The first-order valence-electron chi connectivity index (χ1n) is 18.7. The number of hydrogen-bond donors (Lipinski definition) is 0. The van der Waals surface area contributed by atoms with Gasteiger partial charge >= 0.3 is 0 Å². The summed E-state index contributed by atoms with van der Waals surface area (Å²) in [6.45, 7) is 13.5. The lowest BCUT2D eigenvalue weighted by molar-refractivity contribution is -0.118. The van der Waals surface area contributed by atoms with E-state index in [2.05, 4.69) is 39.8 Å². The van der Waals surface area contributed by atoms with Crippen LogP contribution in [0, 0.1) is 57.2 Å². The second-order valence-electron chi connectivity index (χ2n) is 17.5. The molecule has 8 aliphatic rings. The number of fused-ring (bicyclic) bond motifs is 10. The van der Waals surface area contributed by atoms with Crippen LogP contribution in [-0.2, 0) is 19.2 Å². The first-order valence-corrected chi connectivity index (χ1v) is 18.7. The molecule has 10 atom stereocenters. The van der Waals surface area contributed by atoms with E-state index in [-0.39, 0.29) is 21.7 Å². The smallest absolute Gasteiger partial charge is 0.159 e. The molecule has 0 amide bonds. The Bertz CT molecular complexity index is 1390. The zero-order valence-corrected chi connectivity index (χ0v) is 29.3. The van der Waals surface area contributed by atoms with Gasteiger partial charge in [-0.05, 0) is 159 Å². The Labute approximate surface area is 277 Å². The fourth-order valence-electron chi connectivity index (χ4n) is 13.4. The van der Waals surface area contributed by atoms with Gasteiger partial charge in [0, 0.05) is 25.7 Å². The Hall–Kier alpha value is -2.36. The van der Waals surface area contributed by atoms with Gasteiger partial charge in [-0.2, -0.15) is 0 Å². The van der Waals surface area contributed by atoms with Crippen LogP contribution in [0.4, 0.5) is 0 Å². The summed E-state index contributed by atoms with van der Waals surface area (Å²) in [4.78, 5) is 48.8. The van der Waals surface area contributed by atoms with E-state index in [1.807, 2.05) is 26.0 Å². The molecule has 0 spiro atoms. The van der Waals surface area contributed by atoms with Gasteiger partial charge in [0.05, 0.1) is 0 Å². The average Bonchev–Trinajstić information content (AvgIpc) is 3.44. The summed E-state index contributed by atoms with van der Waals surface area (Å²) in [5, 5.41) is 0. The minimum Gasteiger partial charge on any atom is -0.295 e. The Morgan fingerprint density at radius 3 is 1.28 bits per heavy atom. The minimum atomic E-state index is 0.106. The molecule has 6 fully saturated rings. The monoisotopic (exact) mass is 624 g/mol. The second kappa shape index (κ2) is 11.1. The van der Waals surface area contributed by atoms with Crippen LogP contribution in [0.3, 0.4) is 0 Å². The molecule has 0 heterocycles. The SMILES string of the molecule is C/C=C1/C(=O)CC2C3CCC4=CC(=O)CC[C@]4(C)C3CC[C@]12C.C/C=C1\C(=O)CC2C3CCC4=CC(=O)CC[C@]4(C)C3CC[C@]12C. The predicted octanol–water partition coefficient (Wildman–Crippen LogP) is 9.29. The molecule has 0 saturated heterocycles. The number of carbonyl (C=O) groups is 4. The van der Waals surface area contributed by atoms with Gasteiger partial charge in [-0.3, -0.25) is 19.2 Å². The van der Waals surface area contributed by atoms with Crippen LogP contribution >= 0.6 is 0 Å². The molecule has 6 saturated carbocycles. The van der Waals surface area contributed by atoms with Crippen molar-refractivity contribution in [3.63, 3.8) is 0 Å². The van der Waals surface area contributed by atoms with Gasteiger partial charge in [0.25, 0.3) is 0 Å². The minimum absolute atomic E-state index is 0.106. The normalized spacial score (nSPS) is 47.9. The summed E-state index contributed by atoms with van der Waals surface area (Å²) in [6.07, 6.45) is 22.2. The van der Waals surface area contributed by atoms with E-state index in [1.165, 1.54) is 36.8 Å². The molecule has 8 aliphatic carbocycles. The van der Waals surface area contributed by atoms with Crippen molar-refractivity contribution in [2.75, 3.05) is 0 Å². The van der Waals surface area contributed by atoms with Gasteiger partial charge in [-0.15, -0.1) is 0 Å². The number of Topliss-reactive ketones (excluding diaryl/α,β-unsaturated/α-hetero) is 2. The zero-order valence-electron chi connectivity index (χ0n) is 29.3. The molecular weight excluding hydrogens is 568 g/mol. The fourth-order valence-corrected chi connectivity index (χ4v) is 13.4. The lowest BCUT2D eigenvalue weighted by atomic mass is 9.47. The summed E-state index contributed by atoms with van der Waals surface area (Å²) >= 11 is 0. The highest BCUT2D eigenvalue weighted by Gasteiger charge is 2.61. The molecular formula is C42H56O4. The molecule has 0 aromatic heterocycles. The van der Waals surface area contributed by atoms with E-state index in [4.69, 9.17) is 0 Å². The Kier molecular flexibility index (Phi) is 7.76. The maximum absolute atomic E-state index is 12.5. The first-order chi connectivity index (χ1) is 21.8. The predicted molar refractivity (Wildman–Crippen MR) is 182 cm³/mol. The van der Waals surface area contributed by atoms with Crippen molar-refractivity contribution in [2.24, 2.45) is 57.2 Å². The third kappa shape index (κ3) is 4.50. The van der Waals surface area contributed by atoms with Crippen LogP contribution in [0.25, 0.3) is 0 Å². The highest BCUT2D eigenvalue weighted by atomic mass is 16.1. The molecule has 4 nitrogen and oxygen atoms in total. The molecule has 0 radical (unpaired) electrons. The van der Waals surface area contributed by atoms with Gasteiger partial charge in [0.1, 0.15) is 0 Å². The molecule has 0 aromatic carbocycles. The van der Waals surface area contributed by atoms with E-state index in [0.717, 1.165) is 62.5 Å². The van der Waals surface area contributed by atoms with Gasteiger partial charge in [0.15, 0.2) is 23.1 Å². The van der Waals surface area contributed by atoms with Crippen molar-refractivity contribution >= 4 is 23.1 Å². The number of ketones is 4. The summed E-state index contributed by atoms with van der Waals surface area (Å²) < 4.78 is 0. The van der Waals surface area contributed by atoms with E-state index in [0.29, 0.717) is 71.5 Å². The number of allylic oxidation sites excluding steroid dienone is 6. The first kappa shape index (κ1) is 32.2. The van der Waals surface area contributed by atoms with E-state index >= 15 is 0 Å². The molecule has 8 rings (SSSR count). The maximum Gasteiger partial charge on any atom is 0.159 e. The Morgan fingerprint density at radius 1 is 0.522 bits per heavy atom. The summed E-state index contributed by atoms with van der Waals surface area (Å²) in [5.74, 6) is 5.13. The van der Waals surface area contributed by atoms with Crippen LogP contribution in [0.5, 0.6) is 0 Å². The molecule has 0 aromatic rings. The second-order valence-corrected chi connectivity index (χ2v) is 17.5. The molecule has 248 valence electrons. The fraction of sp³-hybridized carbons (Fsp3) is 0.714. The largest absolute Gasteiger partial charge is 0.295 e. The molecule has 46 heavy (non-hydrogen) atoms. The van der Waals surface area contributed by atoms with Crippen molar-refractivity contribution in [2.45, 2.75) is 131 Å². The van der Waals surface area contributed by atoms with Crippen molar-refractivity contribution in [3.8, 4) is 0 Å². The van der Waals surface area contributed by atoms with Crippen LogP contribution in [0.2, 0.25) is 0 Å². The Balaban J connectivity index is 0.000000147. The van der Waals surface area contributed by atoms with Gasteiger partial charge < -0.3 is 0 Å². The Morgan fingerprint density at radius 2 is 0.913 bits per heavy atom. The molecule has 0 aliphatic heterocycles. The summed E-state index contributed by atoms with van der Waals surface area (Å²) in [7, 11) is 0. The highest BCUT2D eigenvalue weighted by Crippen LogP contribution is 2.67. The van der Waals surface area contributed by atoms with Crippen molar-refractivity contribution < 1.29 is 19.2 Å². The van der Waals surface area contributed by atoms with Crippen molar-refractivity contribution in [1.82, 2.24) is 0 Å². The average molecular weight is 625 g/mol. The van der Waals surface area contributed by atoms with E-state index < -0.39 is 0 Å². The van der Waals surface area contributed by atoms with E-state index in [1.54, 1.807) is 0 Å². The zero-order chi connectivity index (χ0) is 32.8. The molecule has 0 N–H and O–H groups in total. The lowest BCUT2D eigenvalue weighted by Gasteiger charge is -2.57. The molecule has 4 heteroatoms. The number of hydrogen-bond acceptors (Lipinski definition) is 4. The number of carbonyl (C=O) groups excluding carboxylic acids is 4. The van der Waals surface area contributed by atoms with Crippen LogP contribution in [-0.4, -0.2) is 23.1 Å². The summed E-state index contributed by atoms with van der Waals surface area (Å²) in [5.41, 5.74) is 5.66. The van der Waals surface area contributed by atoms with Crippen molar-refractivity contribution in [1.29, 1.82) is 0 Å². The van der Waals surface area contributed by atoms with Gasteiger partial charge in [-0.25, -0.2) is 0 Å². The summed E-state index contributed by atoms with van der Waals surface area (Å²) in [6, 6.07) is 0.